The zero-order chi connectivity index (χ0) is 8.81. The first-order valence-electron chi connectivity index (χ1n) is 4.48. The van der Waals surface area contributed by atoms with Gasteiger partial charge in [0, 0.05) is 31.9 Å². The maximum absolute atomic E-state index is 10.3. The molecule has 0 saturated carbocycles. The summed E-state index contributed by atoms with van der Waals surface area (Å²) < 4.78 is 0. The van der Waals surface area contributed by atoms with Crippen LogP contribution in [0.15, 0.2) is 11.8 Å². The van der Waals surface area contributed by atoms with Gasteiger partial charge < -0.3 is 10.2 Å². The first kappa shape index (κ1) is 9.26. The quantitative estimate of drug-likeness (QED) is 0.488. The minimum atomic E-state index is 0.876. The molecule has 12 heavy (non-hydrogen) atoms. The highest BCUT2D eigenvalue weighted by atomic mass is 16.1. The third kappa shape index (κ3) is 2.34. The first-order chi connectivity index (χ1) is 5.88. The van der Waals surface area contributed by atoms with Crippen LogP contribution in [-0.4, -0.2) is 37.4 Å². The molecule has 1 aliphatic rings. The molecule has 1 fully saturated rings. The van der Waals surface area contributed by atoms with Crippen LogP contribution in [-0.2, 0) is 4.79 Å². The molecule has 1 heterocycles. The fourth-order valence-corrected chi connectivity index (χ4v) is 1.48. The largest absolute Gasteiger partial charge is 0.372 e. The van der Waals surface area contributed by atoms with E-state index in [9.17, 15) is 4.79 Å². The monoisotopic (exact) mass is 168 g/mol. The number of carbonyl (C=O) groups excluding carboxylic acids is 1. The summed E-state index contributed by atoms with van der Waals surface area (Å²) in [5.74, 6) is 0. The Balaban J connectivity index is 2.51. The van der Waals surface area contributed by atoms with Crippen LogP contribution in [0.4, 0.5) is 0 Å². The molecular weight excluding hydrogens is 152 g/mol. The first-order valence-corrected chi connectivity index (χ1v) is 4.48. The van der Waals surface area contributed by atoms with Crippen molar-refractivity contribution < 1.29 is 4.79 Å². The van der Waals surface area contributed by atoms with E-state index in [1.807, 2.05) is 0 Å². The number of allylic oxidation sites excluding steroid dienone is 2. The lowest BCUT2D eigenvalue weighted by Gasteiger charge is -2.30. The molecule has 0 aliphatic carbocycles. The Morgan fingerprint density at radius 1 is 1.50 bits per heavy atom. The fraction of sp³-hybridized carbons (Fsp3) is 0.667. The average molecular weight is 168 g/mol. The minimum Gasteiger partial charge on any atom is -0.372 e. The van der Waals surface area contributed by atoms with E-state index in [1.165, 1.54) is 0 Å². The van der Waals surface area contributed by atoms with Crippen molar-refractivity contribution in [3.05, 3.63) is 11.8 Å². The zero-order valence-electron chi connectivity index (χ0n) is 7.55. The van der Waals surface area contributed by atoms with E-state index in [0.717, 1.165) is 44.6 Å². The van der Waals surface area contributed by atoms with Crippen LogP contribution in [0, 0.1) is 0 Å². The van der Waals surface area contributed by atoms with Crippen molar-refractivity contribution in [3.8, 4) is 0 Å². The summed E-state index contributed by atoms with van der Waals surface area (Å²) in [7, 11) is 0. The molecule has 3 heteroatoms. The Labute approximate surface area is 73.4 Å². The molecule has 1 aliphatic heterocycles. The number of rotatable bonds is 3. The Kier molecular flexibility index (Phi) is 3.80. The van der Waals surface area contributed by atoms with Gasteiger partial charge in [0.25, 0.3) is 0 Å². The van der Waals surface area contributed by atoms with E-state index in [4.69, 9.17) is 0 Å². The van der Waals surface area contributed by atoms with Gasteiger partial charge in [0.05, 0.1) is 0 Å². The molecular formula is C9H16N2O. The summed E-state index contributed by atoms with van der Waals surface area (Å²) in [6.45, 7) is 6.17. The second-order valence-corrected chi connectivity index (χ2v) is 2.88. The smallest absolute Gasteiger partial charge is 0.144 e. The van der Waals surface area contributed by atoms with Crippen molar-refractivity contribution in [2.45, 2.75) is 13.3 Å². The third-order valence-corrected chi connectivity index (χ3v) is 2.15. The van der Waals surface area contributed by atoms with Gasteiger partial charge in [-0.05, 0) is 12.5 Å². The molecule has 0 radical (unpaired) electrons. The standard InChI is InChI=1S/C9H16N2O/c1-2-9(3-8-12)11-6-4-10-5-7-11/h3,8,10H,2,4-7H2,1H3. The summed E-state index contributed by atoms with van der Waals surface area (Å²) in [5, 5.41) is 3.28. The van der Waals surface area contributed by atoms with Gasteiger partial charge in [0.1, 0.15) is 6.29 Å². The molecule has 0 atom stereocenters. The van der Waals surface area contributed by atoms with Crippen LogP contribution in [0.25, 0.3) is 0 Å². The van der Waals surface area contributed by atoms with Gasteiger partial charge in [0.15, 0.2) is 0 Å². The maximum atomic E-state index is 10.3. The Bertz CT molecular complexity index is 171. The van der Waals surface area contributed by atoms with E-state index >= 15 is 0 Å². The number of nitrogens with zero attached hydrogens (tertiary/aromatic N) is 1. The van der Waals surface area contributed by atoms with Crippen molar-refractivity contribution in [1.82, 2.24) is 10.2 Å². The van der Waals surface area contributed by atoms with Gasteiger partial charge in [-0.15, -0.1) is 0 Å². The van der Waals surface area contributed by atoms with E-state index in [0.29, 0.717) is 0 Å². The highest BCUT2D eigenvalue weighted by Gasteiger charge is 2.10. The number of nitrogens with one attached hydrogen (secondary N) is 1. The molecule has 0 aromatic heterocycles. The van der Waals surface area contributed by atoms with Gasteiger partial charge in [-0.2, -0.15) is 0 Å². The molecule has 0 aromatic rings. The number of piperazine rings is 1. The number of aldehydes is 1. The van der Waals surface area contributed by atoms with Crippen LogP contribution in [0.1, 0.15) is 13.3 Å². The van der Waals surface area contributed by atoms with Crippen LogP contribution in [0.5, 0.6) is 0 Å². The van der Waals surface area contributed by atoms with E-state index in [2.05, 4.69) is 17.1 Å². The number of hydrogen-bond acceptors (Lipinski definition) is 3. The predicted molar refractivity (Wildman–Crippen MR) is 48.9 cm³/mol. The summed E-state index contributed by atoms with van der Waals surface area (Å²) in [5.41, 5.74) is 1.16. The zero-order valence-corrected chi connectivity index (χ0v) is 7.55. The predicted octanol–water partition coefficient (Wildman–Crippen LogP) is 0.384. The molecule has 1 N–H and O–H groups in total. The Morgan fingerprint density at radius 2 is 2.17 bits per heavy atom. The molecule has 1 rings (SSSR count). The third-order valence-electron chi connectivity index (χ3n) is 2.15. The van der Waals surface area contributed by atoms with Gasteiger partial charge in [-0.1, -0.05) is 6.92 Å². The van der Waals surface area contributed by atoms with Crippen molar-refractivity contribution in [2.75, 3.05) is 26.2 Å². The lowest BCUT2D eigenvalue weighted by molar-refractivity contribution is -0.104. The van der Waals surface area contributed by atoms with E-state index in [1.54, 1.807) is 6.08 Å². The highest BCUT2D eigenvalue weighted by Crippen LogP contribution is 2.08. The summed E-state index contributed by atoms with van der Waals surface area (Å²) in [6.07, 6.45) is 3.49. The molecule has 68 valence electrons. The topological polar surface area (TPSA) is 32.3 Å². The molecule has 1 saturated heterocycles. The Hall–Kier alpha value is -0.830. The highest BCUT2D eigenvalue weighted by molar-refractivity contribution is 5.65. The van der Waals surface area contributed by atoms with Crippen molar-refractivity contribution >= 4 is 6.29 Å². The summed E-state index contributed by atoms with van der Waals surface area (Å²) >= 11 is 0. The molecule has 0 aromatic carbocycles. The molecule has 0 bridgehead atoms. The Morgan fingerprint density at radius 3 is 2.67 bits per heavy atom. The molecule has 0 unspecified atom stereocenters. The second-order valence-electron chi connectivity index (χ2n) is 2.88. The van der Waals surface area contributed by atoms with Crippen LogP contribution in [0.2, 0.25) is 0 Å². The minimum absolute atomic E-state index is 0.876. The van der Waals surface area contributed by atoms with Crippen molar-refractivity contribution in [1.29, 1.82) is 0 Å². The fourth-order valence-electron chi connectivity index (χ4n) is 1.48. The average Bonchev–Trinajstić information content (AvgIpc) is 2.15. The summed E-state index contributed by atoms with van der Waals surface area (Å²) in [6, 6.07) is 0. The normalized spacial score (nSPS) is 19.4. The maximum Gasteiger partial charge on any atom is 0.144 e. The van der Waals surface area contributed by atoms with E-state index < -0.39 is 0 Å². The molecule has 0 spiro atoms. The van der Waals surface area contributed by atoms with Crippen LogP contribution in [0.3, 0.4) is 0 Å². The van der Waals surface area contributed by atoms with Gasteiger partial charge in [0.2, 0.25) is 0 Å². The van der Waals surface area contributed by atoms with Crippen LogP contribution < -0.4 is 5.32 Å². The summed E-state index contributed by atoms with van der Waals surface area (Å²) in [4.78, 5) is 12.6. The van der Waals surface area contributed by atoms with Gasteiger partial charge >= 0.3 is 0 Å². The van der Waals surface area contributed by atoms with E-state index in [-0.39, 0.29) is 0 Å². The van der Waals surface area contributed by atoms with Gasteiger partial charge in [-0.25, -0.2) is 0 Å². The SMILES string of the molecule is CCC(=CC=O)N1CCNCC1. The van der Waals surface area contributed by atoms with Gasteiger partial charge in [-0.3, -0.25) is 4.79 Å². The van der Waals surface area contributed by atoms with Crippen LogP contribution >= 0.6 is 0 Å². The second kappa shape index (κ2) is 4.93. The van der Waals surface area contributed by atoms with Crippen molar-refractivity contribution in [2.24, 2.45) is 0 Å². The molecule has 0 amide bonds. The molecule has 3 nitrogen and oxygen atoms in total. The number of hydrogen-bond donors (Lipinski definition) is 1. The van der Waals surface area contributed by atoms with Crippen molar-refractivity contribution in [3.63, 3.8) is 0 Å². The number of carbonyl (C=O) groups is 1. The lowest BCUT2D eigenvalue weighted by atomic mass is 10.2. The lowest BCUT2D eigenvalue weighted by Crippen LogP contribution is -2.42.